The Kier molecular flexibility index (Phi) is 13.6. The normalized spacial score (nSPS) is 14.0. The lowest BCUT2D eigenvalue weighted by Gasteiger charge is -2.24. The topological polar surface area (TPSA) is 254 Å². The molecule has 4 unspecified atom stereocenters. The number of hydrogen-bond donors (Lipinski definition) is 9. The fourth-order valence-electron chi connectivity index (χ4n) is 3.28. The number of carboxylic acid groups (broad SMARTS) is 2. The van der Waals surface area contributed by atoms with Crippen molar-refractivity contribution in [2.75, 3.05) is 13.2 Å². The third-order valence-electron chi connectivity index (χ3n) is 5.39. The summed E-state index contributed by atoms with van der Waals surface area (Å²) in [5.74, 6) is -5.18. The number of amides is 3. The first-order chi connectivity index (χ1) is 17.5. The summed E-state index contributed by atoms with van der Waals surface area (Å²) in [6.07, 6.45) is 0.349. The van der Waals surface area contributed by atoms with Gasteiger partial charge in [0, 0.05) is 6.42 Å². The molecule has 0 saturated carbocycles. The first kappa shape index (κ1) is 31.3. The van der Waals surface area contributed by atoms with Gasteiger partial charge < -0.3 is 47.8 Å². The molecular weight excluding hydrogens is 490 g/mol. The van der Waals surface area contributed by atoms with Gasteiger partial charge in [-0.1, -0.05) is 12.1 Å². The van der Waals surface area contributed by atoms with Crippen LogP contribution in [0.5, 0.6) is 5.75 Å². The monoisotopic (exact) mass is 525 g/mol. The predicted octanol–water partition coefficient (Wildman–Crippen LogP) is -2.21. The van der Waals surface area contributed by atoms with Crippen LogP contribution in [0.15, 0.2) is 24.3 Å². The SMILES string of the molecule is NCCCCC(NC(=O)C(N)Cc1ccc(O)cc1)C(=O)NC(CO)C(=O)NC(CCC(=O)O)C(=O)O. The van der Waals surface area contributed by atoms with Crippen LogP contribution < -0.4 is 27.4 Å². The number of unbranched alkanes of at least 4 members (excludes halogenated alkanes) is 1. The van der Waals surface area contributed by atoms with Crippen LogP contribution in [0.3, 0.4) is 0 Å². The Morgan fingerprint density at radius 2 is 1.38 bits per heavy atom. The highest BCUT2D eigenvalue weighted by Crippen LogP contribution is 2.11. The molecule has 4 atom stereocenters. The molecule has 3 amide bonds. The summed E-state index contributed by atoms with van der Waals surface area (Å²) in [6.45, 7) is -0.538. The molecule has 0 spiro atoms. The number of aliphatic hydroxyl groups excluding tert-OH is 1. The zero-order valence-corrected chi connectivity index (χ0v) is 20.3. The maximum atomic E-state index is 12.9. The summed E-state index contributed by atoms with van der Waals surface area (Å²) < 4.78 is 0. The third-order valence-corrected chi connectivity index (χ3v) is 5.39. The number of carboxylic acids is 2. The molecule has 1 aromatic carbocycles. The summed E-state index contributed by atoms with van der Waals surface area (Å²) in [6, 6.07) is 0.815. The minimum Gasteiger partial charge on any atom is -0.508 e. The standard InChI is InChI=1S/C23H35N5O9/c24-10-2-1-3-16(26-20(33)15(25)11-13-4-6-14(30)7-5-13)21(34)28-18(12-29)22(35)27-17(23(36)37)8-9-19(31)32/h4-7,15-18,29-30H,1-3,8-12,24-25H2,(H,26,33)(H,27,35)(H,28,34)(H,31,32)(H,36,37). The molecule has 1 aromatic rings. The average Bonchev–Trinajstić information content (AvgIpc) is 2.85. The smallest absolute Gasteiger partial charge is 0.326 e. The zero-order chi connectivity index (χ0) is 28.0. The minimum absolute atomic E-state index is 0.0532. The van der Waals surface area contributed by atoms with Crippen molar-refractivity contribution in [3.63, 3.8) is 0 Å². The molecule has 1 rings (SSSR count). The summed E-state index contributed by atoms with van der Waals surface area (Å²) in [4.78, 5) is 60.1. The van der Waals surface area contributed by atoms with Crippen molar-refractivity contribution >= 4 is 29.7 Å². The Labute approximate surface area is 213 Å². The van der Waals surface area contributed by atoms with Crippen LogP contribution in [0.25, 0.3) is 0 Å². The zero-order valence-electron chi connectivity index (χ0n) is 20.3. The average molecular weight is 526 g/mol. The number of phenols is 1. The maximum Gasteiger partial charge on any atom is 0.326 e. The van der Waals surface area contributed by atoms with Crippen LogP contribution in [0, 0.1) is 0 Å². The van der Waals surface area contributed by atoms with Crippen LogP contribution in [0.4, 0.5) is 0 Å². The fraction of sp³-hybridized carbons (Fsp3) is 0.522. The molecule has 0 aliphatic carbocycles. The Bertz CT molecular complexity index is 926. The highest BCUT2D eigenvalue weighted by molar-refractivity contribution is 5.94. The highest BCUT2D eigenvalue weighted by Gasteiger charge is 2.30. The van der Waals surface area contributed by atoms with Gasteiger partial charge in [0.25, 0.3) is 0 Å². The molecule has 0 fully saturated rings. The number of nitrogens with one attached hydrogen (secondary N) is 3. The van der Waals surface area contributed by atoms with E-state index in [9.17, 15) is 39.3 Å². The van der Waals surface area contributed by atoms with Gasteiger partial charge in [-0.2, -0.15) is 0 Å². The van der Waals surface area contributed by atoms with E-state index in [1.54, 1.807) is 12.1 Å². The largest absolute Gasteiger partial charge is 0.508 e. The van der Waals surface area contributed by atoms with Gasteiger partial charge in [0.2, 0.25) is 17.7 Å². The molecule has 14 nitrogen and oxygen atoms in total. The molecule has 11 N–H and O–H groups in total. The number of aliphatic carboxylic acids is 2. The van der Waals surface area contributed by atoms with Gasteiger partial charge in [-0.05, 0) is 56.3 Å². The van der Waals surface area contributed by atoms with E-state index in [0.29, 0.717) is 24.9 Å². The number of carbonyl (C=O) groups excluding carboxylic acids is 3. The number of nitrogens with two attached hydrogens (primary N) is 2. The third kappa shape index (κ3) is 11.7. The van der Waals surface area contributed by atoms with Gasteiger partial charge in [0.05, 0.1) is 12.6 Å². The van der Waals surface area contributed by atoms with Crippen molar-refractivity contribution in [3.05, 3.63) is 29.8 Å². The Hall–Kier alpha value is -3.75. The highest BCUT2D eigenvalue weighted by atomic mass is 16.4. The second-order valence-corrected chi connectivity index (χ2v) is 8.40. The van der Waals surface area contributed by atoms with E-state index in [1.807, 2.05) is 0 Å². The number of aromatic hydroxyl groups is 1. The number of rotatable bonds is 17. The molecule has 0 bridgehead atoms. The van der Waals surface area contributed by atoms with E-state index in [1.165, 1.54) is 12.1 Å². The van der Waals surface area contributed by atoms with Crippen LogP contribution in [0.1, 0.15) is 37.7 Å². The molecule has 0 radical (unpaired) electrons. The predicted molar refractivity (Wildman–Crippen MR) is 130 cm³/mol. The van der Waals surface area contributed by atoms with E-state index in [0.717, 1.165) is 0 Å². The van der Waals surface area contributed by atoms with Crippen molar-refractivity contribution in [1.82, 2.24) is 16.0 Å². The van der Waals surface area contributed by atoms with Gasteiger partial charge in [0.1, 0.15) is 23.9 Å². The van der Waals surface area contributed by atoms with E-state index >= 15 is 0 Å². The van der Waals surface area contributed by atoms with Crippen molar-refractivity contribution in [2.24, 2.45) is 11.5 Å². The summed E-state index contributed by atoms with van der Waals surface area (Å²) in [7, 11) is 0. The molecular formula is C23H35N5O9. The summed E-state index contributed by atoms with van der Waals surface area (Å²) in [5, 5.41) is 43.8. The molecule has 0 saturated heterocycles. The molecule has 37 heavy (non-hydrogen) atoms. The Morgan fingerprint density at radius 1 is 0.811 bits per heavy atom. The first-order valence-corrected chi connectivity index (χ1v) is 11.7. The van der Waals surface area contributed by atoms with E-state index in [-0.39, 0.29) is 18.6 Å². The number of carbonyl (C=O) groups is 5. The number of benzene rings is 1. The van der Waals surface area contributed by atoms with Gasteiger partial charge in [-0.15, -0.1) is 0 Å². The number of phenolic OH excluding ortho intramolecular Hbond substituents is 1. The van der Waals surface area contributed by atoms with Gasteiger partial charge in [-0.25, -0.2) is 4.79 Å². The molecule has 206 valence electrons. The second-order valence-electron chi connectivity index (χ2n) is 8.40. The first-order valence-electron chi connectivity index (χ1n) is 11.7. The van der Waals surface area contributed by atoms with Crippen LogP contribution in [-0.2, 0) is 30.4 Å². The van der Waals surface area contributed by atoms with Crippen LogP contribution in [-0.4, -0.2) is 87.4 Å². The Morgan fingerprint density at radius 3 is 1.92 bits per heavy atom. The van der Waals surface area contributed by atoms with Gasteiger partial charge in [-0.3, -0.25) is 19.2 Å². The quantitative estimate of drug-likeness (QED) is 0.0985. The molecule has 0 heterocycles. The lowest BCUT2D eigenvalue weighted by Crippen LogP contribution is -2.58. The van der Waals surface area contributed by atoms with E-state index in [4.69, 9.17) is 16.6 Å². The summed E-state index contributed by atoms with van der Waals surface area (Å²) >= 11 is 0. The maximum absolute atomic E-state index is 12.9. The number of hydrogen-bond acceptors (Lipinski definition) is 9. The van der Waals surface area contributed by atoms with Crippen molar-refractivity contribution in [1.29, 1.82) is 0 Å². The molecule has 0 aromatic heterocycles. The number of aliphatic hydroxyl groups is 1. The van der Waals surface area contributed by atoms with Crippen molar-refractivity contribution in [2.45, 2.75) is 62.7 Å². The van der Waals surface area contributed by atoms with E-state index in [2.05, 4.69) is 16.0 Å². The molecule has 0 aliphatic heterocycles. The van der Waals surface area contributed by atoms with Crippen molar-refractivity contribution < 1.29 is 44.4 Å². The van der Waals surface area contributed by atoms with E-state index < -0.39 is 73.3 Å². The van der Waals surface area contributed by atoms with Gasteiger partial charge in [0.15, 0.2) is 0 Å². The Balaban J connectivity index is 2.85. The fourth-order valence-corrected chi connectivity index (χ4v) is 3.28. The molecule has 14 heteroatoms. The van der Waals surface area contributed by atoms with Crippen molar-refractivity contribution in [3.8, 4) is 5.75 Å². The lowest BCUT2D eigenvalue weighted by molar-refractivity contribution is -0.143. The minimum atomic E-state index is -1.56. The second kappa shape index (κ2) is 16.1. The van der Waals surface area contributed by atoms with Crippen LogP contribution >= 0.6 is 0 Å². The lowest BCUT2D eigenvalue weighted by atomic mass is 10.0. The van der Waals surface area contributed by atoms with Crippen LogP contribution in [0.2, 0.25) is 0 Å². The summed E-state index contributed by atoms with van der Waals surface area (Å²) in [5.41, 5.74) is 12.1. The van der Waals surface area contributed by atoms with Gasteiger partial charge >= 0.3 is 11.9 Å². The molecule has 0 aliphatic rings.